The van der Waals surface area contributed by atoms with Crippen LogP contribution in [0.15, 0.2) is 30.3 Å². The van der Waals surface area contributed by atoms with Gasteiger partial charge in [0, 0.05) is 13.1 Å². The van der Waals surface area contributed by atoms with Gasteiger partial charge in [-0.2, -0.15) is 0 Å². The quantitative estimate of drug-likeness (QED) is 0.832. The van der Waals surface area contributed by atoms with Crippen LogP contribution in [0.3, 0.4) is 0 Å². The van der Waals surface area contributed by atoms with Crippen LogP contribution in [0.4, 0.5) is 0 Å². The topological polar surface area (TPSA) is 75.4 Å². The average Bonchev–Trinajstić information content (AvgIpc) is 2.91. The predicted octanol–water partition coefficient (Wildman–Crippen LogP) is 0.532. The first-order chi connectivity index (χ1) is 9.16. The molecular formula is C14H20ClN3O2. The minimum Gasteiger partial charge on any atom is -0.368 e. The highest BCUT2D eigenvalue weighted by molar-refractivity contribution is 5.85. The molecule has 1 heterocycles. The molecule has 2 rings (SSSR count). The number of nitrogens with two attached hydrogens (primary N) is 1. The summed E-state index contributed by atoms with van der Waals surface area (Å²) in [6.45, 7) is 1.94. The van der Waals surface area contributed by atoms with Crippen LogP contribution in [0.2, 0.25) is 0 Å². The van der Waals surface area contributed by atoms with E-state index in [2.05, 4.69) is 5.32 Å². The molecule has 0 saturated carbocycles. The summed E-state index contributed by atoms with van der Waals surface area (Å²) >= 11 is 0. The van der Waals surface area contributed by atoms with Crippen molar-refractivity contribution >= 4 is 24.2 Å². The number of halogens is 1. The number of amides is 2. The Hall–Kier alpha value is -1.59. The highest BCUT2D eigenvalue weighted by atomic mass is 35.5. The van der Waals surface area contributed by atoms with Gasteiger partial charge in [-0.1, -0.05) is 30.3 Å². The molecule has 0 radical (unpaired) electrons. The number of hydrogen-bond acceptors (Lipinski definition) is 3. The number of nitrogens with one attached hydrogen (secondary N) is 1. The minimum absolute atomic E-state index is 0. The van der Waals surface area contributed by atoms with Crippen molar-refractivity contribution < 1.29 is 9.59 Å². The molecule has 1 aromatic rings. The first-order valence-electron chi connectivity index (χ1n) is 6.48. The number of primary amides is 1. The lowest BCUT2D eigenvalue weighted by molar-refractivity contribution is -0.138. The normalized spacial score (nSPS) is 17.3. The van der Waals surface area contributed by atoms with Crippen LogP contribution < -0.4 is 11.1 Å². The summed E-state index contributed by atoms with van der Waals surface area (Å²) in [5.41, 5.74) is 6.24. The van der Waals surface area contributed by atoms with Crippen LogP contribution in [0.1, 0.15) is 12.0 Å². The molecule has 1 saturated heterocycles. The van der Waals surface area contributed by atoms with Crippen LogP contribution >= 0.6 is 12.4 Å². The van der Waals surface area contributed by atoms with E-state index in [9.17, 15) is 9.59 Å². The third-order valence-electron chi connectivity index (χ3n) is 3.28. The molecule has 1 aliphatic heterocycles. The van der Waals surface area contributed by atoms with Crippen LogP contribution in [0, 0.1) is 5.92 Å². The van der Waals surface area contributed by atoms with Gasteiger partial charge in [-0.25, -0.2) is 0 Å². The molecule has 1 aliphatic rings. The van der Waals surface area contributed by atoms with Gasteiger partial charge < -0.3 is 16.0 Å². The van der Waals surface area contributed by atoms with Crippen LogP contribution in [-0.4, -0.2) is 36.3 Å². The summed E-state index contributed by atoms with van der Waals surface area (Å²) in [4.78, 5) is 25.0. The van der Waals surface area contributed by atoms with Crippen molar-refractivity contribution in [2.24, 2.45) is 11.7 Å². The molecule has 5 nitrogen and oxygen atoms in total. The van der Waals surface area contributed by atoms with Crippen molar-refractivity contribution in [3.63, 3.8) is 0 Å². The van der Waals surface area contributed by atoms with Crippen molar-refractivity contribution in [3.8, 4) is 0 Å². The summed E-state index contributed by atoms with van der Waals surface area (Å²) in [5.74, 6) is -0.508. The van der Waals surface area contributed by atoms with Gasteiger partial charge in [0.25, 0.3) is 0 Å². The molecule has 1 unspecified atom stereocenters. The lowest BCUT2D eigenvalue weighted by atomic mass is 10.1. The second kappa shape index (κ2) is 7.87. The fourth-order valence-electron chi connectivity index (χ4n) is 2.33. The Labute approximate surface area is 124 Å². The monoisotopic (exact) mass is 297 g/mol. The maximum atomic E-state index is 12.4. The van der Waals surface area contributed by atoms with Crippen molar-refractivity contribution in [1.29, 1.82) is 0 Å². The Morgan fingerprint density at radius 1 is 1.30 bits per heavy atom. The van der Waals surface area contributed by atoms with Crippen LogP contribution in [0.25, 0.3) is 0 Å². The fraction of sp³-hybridized carbons (Fsp3) is 0.429. The number of rotatable bonds is 5. The fourth-order valence-corrected chi connectivity index (χ4v) is 2.33. The molecule has 1 aromatic carbocycles. The SMILES string of the molecule is Cl.NC(=O)CN(Cc1ccccc1)C(=O)C1CCNC1. The first kappa shape index (κ1) is 16.5. The van der Waals surface area contributed by atoms with Crippen LogP contribution in [-0.2, 0) is 16.1 Å². The molecule has 110 valence electrons. The van der Waals surface area contributed by atoms with E-state index in [1.54, 1.807) is 4.90 Å². The zero-order valence-corrected chi connectivity index (χ0v) is 12.1. The maximum absolute atomic E-state index is 12.4. The molecule has 20 heavy (non-hydrogen) atoms. The highest BCUT2D eigenvalue weighted by Crippen LogP contribution is 2.14. The van der Waals surface area contributed by atoms with Gasteiger partial charge in [-0.3, -0.25) is 9.59 Å². The van der Waals surface area contributed by atoms with Crippen molar-refractivity contribution in [2.75, 3.05) is 19.6 Å². The summed E-state index contributed by atoms with van der Waals surface area (Å²) in [5, 5.41) is 3.16. The summed E-state index contributed by atoms with van der Waals surface area (Å²) in [7, 11) is 0. The highest BCUT2D eigenvalue weighted by Gasteiger charge is 2.27. The molecular weight excluding hydrogens is 278 g/mol. The average molecular weight is 298 g/mol. The lowest BCUT2D eigenvalue weighted by Gasteiger charge is -2.24. The lowest BCUT2D eigenvalue weighted by Crippen LogP contribution is -2.41. The summed E-state index contributed by atoms with van der Waals surface area (Å²) < 4.78 is 0. The Kier molecular flexibility index (Phi) is 6.48. The van der Waals surface area contributed by atoms with E-state index in [-0.39, 0.29) is 30.8 Å². The summed E-state index contributed by atoms with van der Waals surface area (Å²) in [6.07, 6.45) is 0.822. The van der Waals surface area contributed by atoms with Crippen molar-refractivity contribution in [2.45, 2.75) is 13.0 Å². The van der Waals surface area contributed by atoms with E-state index < -0.39 is 5.91 Å². The van der Waals surface area contributed by atoms with E-state index in [4.69, 9.17) is 5.73 Å². The number of nitrogens with zero attached hydrogens (tertiary/aromatic N) is 1. The second-order valence-corrected chi connectivity index (χ2v) is 4.84. The van der Waals surface area contributed by atoms with Gasteiger partial charge in [0.1, 0.15) is 0 Å². The molecule has 6 heteroatoms. The van der Waals surface area contributed by atoms with E-state index in [0.29, 0.717) is 13.1 Å². The Morgan fingerprint density at radius 3 is 2.55 bits per heavy atom. The Bertz CT molecular complexity index is 447. The standard InChI is InChI=1S/C14H19N3O2.ClH/c15-13(18)10-17(9-11-4-2-1-3-5-11)14(19)12-6-7-16-8-12;/h1-5,12,16H,6-10H2,(H2,15,18);1H. The smallest absolute Gasteiger partial charge is 0.237 e. The second-order valence-electron chi connectivity index (χ2n) is 4.84. The van der Waals surface area contributed by atoms with Gasteiger partial charge in [-0.15, -0.1) is 12.4 Å². The zero-order valence-electron chi connectivity index (χ0n) is 11.2. The van der Waals surface area contributed by atoms with E-state index in [1.807, 2.05) is 30.3 Å². The molecule has 3 N–H and O–H groups in total. The number of benzene rings is 1. The molecule has 1 fully saturated rings. The van der Waals surface area contributed by atoms with Gasteiger partial charge in [-0.05, 0) is 18.5 Å². The Balaban J connectivity index is 0.00000200. The number of hydrogen-bond donors (Lipinski definition) is 2. The summed E-state index contributed by atoms with van der Waals surface area (Å²) in [6, 6.07) is 9.63. The predicted molar refractivity (Wildman–Crippen MR) is 79.3 cm³/mol. The minimum atomic E-state index is -0.477. The molecule has 0 spiro atoms. The maximum Gasteiger partial charge on any atom is 0.237 e. The van der Waals surface area contributed by atoms with Gasteiger partial charge in [0.05, 0.1) is 12.5 Å². The molecule has 2 amide bonds. The zero-order chi connectivity index (χ0) is 13.7. The van der Waals surface area contributed by atoms with Gasteiger partial charge >= 0.3 is 0 Å². The van der Waals surface area contributed by atoms with E-state index >= 15 is 0 Å². The molecule has 0 bridgehead atoms. The van der Waals surface area contributed by atoms with Crippen LogP contribution in [0.5, 0.6) is 0 Å². The number of carbonyl (C=O) groups excluding carboxylic acids is 2. The van der Waals surface area contributed by atoms with Gasteiger partial charge in [0.15, 0.2) is 0 Å². The van der Waals surface area contributed by atoms with Crippen molar-refractivity contribution in [3.05, 3.63) is 35.9 Å². The van der Waals surface area contributed by atoms with E-state index in [1.165, 1.54) is 0 Å². The molecule has 0 aliphatic carbocycles. The third kappa shape index (κ3) is 4.51. The van der Waals surface area contributed by atoms with Gasteiger partial charge in [0.2, 0.25) is 11.8 Å². The first-order valence-corrected chi connectivity index (χ1v) is 6.48. The Morgan fingerprint density at radius 2 is 2.00 bits per heavy atom. The van der Waals surface area contributed by atoms with Crippen molar-refractivity contribution in [1.82, 2.24) is 10.2 Å². The third-order valence-corrected chi connectivity index (χ3v) is 3.28. The number of carbonyl (C=O) groups is 2. The largest absolute Gasteiger partial charge is 0.368 e. The molecule has 0 aromatic heterocycles. The molecule has 1 atom stereocenters. The van der Waals surface area contributed by atoms with E-state index in [0.717, 1.165) is 18.5 Å².